The second kappa shape index (κ2) is 44.3. The molecule has 0 amide bonds. The molecule has 0 heterocycles. The van der Waals surface area contributed by atoms with E-state index in [4.69, 9.17) is 28.3 Å². The Morgan fingerprint density at radius 2 is 1.06 bits per heavy atom. The van der Waals surface area contributed by atoms with Gasteiger partial charge in [0.2, 0.25) is 0 Å². The Labute approximate surface area is 399 Å². The highest BCUT2D eigenvalue weighted by Gasteiger charge is 2.28. The summed E-state index contributed by atoms with van der Waals surface area (Å²) in [5.74, 6) is -0.328. The maximum atomic E-state index is 12.7. The Morgan fingerprint density at radius 1 is 0.545 bits per heavy atom. The van der Waals surface area contributed by atoms with Crippen molar-refractivity contribution < 1.29 is 66.7 Å². The minimum Gasteiger partial charge on any atom is -0.462 e. The van der Waals surface area contributed by atoms with E-state index in [1.807, 2.05) is 18.2 Å². The number of unbranched alkanes of at least 4 members (excludes halogenated alkanes) is 21. The Morgan fingerprint density at radius 3 is 1.64 bits per heavy atom. The smallest absolute Gasteiger partial charge is 0.462 e. The first-order valence-corrected chi connectivity index (χ1v) is 28.3. The molecule has 0 aliphatic carbocycles. The molecule has 0 saturated carbocycles. The zero-order valence-corrected chi connectivity index (χ0v) is 42.9. The topological polar surface area (TPSA) is 216 Å². The third-order valence-electron chi connectivity index (χ3n) is 10.7. The fourth-order valence-corrected chi connectivity index (χ4v) is 8.00. The Bertz CT molecular complexity index is 1380. The van der Waals surface area contributed by atoms with Crippen LogP contribution in [0.2, 0.25) is 0 Å². The van der Waals surface area contributed by atoms with Crippen LogP contribution >= 0.6 is 15.6 Å². The number of rotatable bonds is 47. The molecule has 0 spiro atoms. The van der Waals surface area contributed by atoms with Gasteiger partial charge in [-0.15, -0.1) is 0 Å². The third-order valence-corrected chi connectivity index (χ3v) is 12.2. The van der Waals surface area contributed by atoms with E-state index in [0.29, 0.717) is 25.7 Å². The van der Waals surface area contributed by atoms with Crippen molar-refractivity contribution in [1.29, 1.82) is 0 Å². The molecule has 0 aromatic heterocycles. The first-order chi connectivity index (χ1) is 31.6. The summed E-state index contributed by atoms with van der Waals surface area (Å²) < 4.78 is 47.8. The summed E-state index contributed by atoms with van der Waals surface area (Å²) in [4.78, 5) is 52.9. The Balaban J connectivity index is 4.54. The second-order valence-corrected chi connectivity index (χ2v) is 20.5. The van der Waals surface area contributed by atoms with Gasteiger partial charge in [-0.05, 0) is 50.9 Å². The van der Waals surface area contributed by atoms with Crippen LogP contribution in [0, 0.1) is 5.92 Å². The number of hydrogen-bond donors (Lipinski definition) is 5. The lowest BCUT2D eigenvalue weighted by Crippen LogP contribution is -2.30. The van der Waals surface area contributed by atoms with Gasteiger partial charge in [-0.2, -0.15) is 0 Å². The van der Waals surface area contributed by atoms with Gasteiger partial charge in [0, 0.05) is 12.8 Å². The van der Waals surface area contributed by atoms with Crippen LogP contribution in [0.25, 0.3) is 0 Å². The number of esters is 2. The quantitative estimate of drug-likeness (QED) is 0.0126. The number of aliphatic hydroxyl groups is 2. The van der Waals surface area contributed by atoms with Gasteiger partial charge in [-0.1, -0.05) is 198 Å². The van der Waals surface area contributed by atoms with E-state index < -0.39 is 72.3 Å². The fourth-order valence-electron chi connectivity index (χ4n) is 6.84. The lowest BCUT2D eigenvalue weighted by atomic mass is 10.0. The van der Waals surface area contributed by atoms with Crippen molar-refractivity contribution in [3.63, 3.8) is 0 Å². The molecule has 0 aliphatic heterocycles. The van der Waals surface area contributed by atoms with Crippen molar-refractivity contribution in [3.8, 4) is 0 Å². The van der Waals surface area contributed by atoms with Crippen LogP contribution in [0.4, 0.5) is 0 Å². The van der Waals surface area contributed by atoms with E-state index in [1.54, 1.807) is 18.2 Å². The molecular formula is C50H92O14P2. The molecular weight excluding hydrogens is 886 g/mol. The van der Waals surface area contributed by atoms with Crippen LogP contribution in [0.15, 0.2) is 48.6 Å². The van der Waals surface area contributed by atoms with Gasteiger partial charge in [0.05, 0.1) is 25.9 Å². The summed E-state index contributed by atoms with van der Waals surface area (Å²) in [6, 6.07) is 0. The monoisotopic (exact) mass is 979 g/mol. The molecule has 14 nitrogen and oxygen atoms in total. The number of carbonyl (C=O) groups excluding carboxylic acids is 2. The van der Waals surface area contributed by atoms with Crippen molar-refractivity contribution in [2.24, 2.45) is 5.92 Å². The molecule has 0 rings (SSSR count). The summed E-state index contributed by atoms with van der Waals surface area (Å²) in [5.41, 5.74) is 0. The van der Waals surface area contributed by atoms with Crippen molar-refractivity contribution in [1.82, 2.24) is 0 Å². The molecule has 0 fully saturated rings. The first kappa shape index (κ1) is 64.0. The van der Waals surface area contributed by atoms with Gasteiger partial charge >= 0.3 is 27.6 Å². The summed E-state index contributed by atoms with van der Waals surface area (Å²) in [7, 11) is -9.72. The Kier molecular flexibility index (Phi) is 42.9. The zero-order valence-electron chi connectivity index (χ0n) is 41.1. The predicted octanol–water partition coefficient (Wildman–Crippen LogP) is 12.6. The zero-order chi connectivity index (χ0) is 49.0. The lowest BCUT2D eigenvalue weighted by Gasteiger charge is -2.20. The van der Waals surface area contributed by atoms with E-state index >= 15 is 0 Å². The van der Waals surface area contributed by atoms with Crippen molar-refractivity contribution >= 4 is 27.6 Å². The van der Waals surface area contributed by atoms with Crippen molar-refractivity contribution in [3.05, 3.63) is 48.6 Å². The number of phosphoric ester groups is 2. The number of phosphoric acid groups is 2. The van der Waals surface area contributed by atoms with Crippen LogP contribution in [-0.2, 0) is 41.8 Å². The molecule has 386 valence electrons. The molecule has 0 aliphatic rings. The molecule has 66 heavy (non-hydrogen) atoms. The van der Waals surface area contributed by atoms with E-state index in [9.17, 15) is 33.8 Å². The van der Waals surface area contributed by atoms with Gasteiger partial charge in [0.15, 0.2) is 6.10 Å². The highest BCUT2D eigenvalue weighted by Crippen LogP contribution is 2.44. The molecule has 16 heteroatoms. The minimum absolute atomic E-state index is 0.0608. The second-order valence-electron chi connectivity index (χ2n) is 17.8. The SMILES string of the molecule is CCCCC/C=C\C/C=C\CC(O)/C=C\C=C\CCCC(=O)OC[C@H](COP(=O)(O)OC[C@@H](O)COP(=O)(O)O)OC(=O)CCCCCCCCCCCCCCCCCCCCC(C)C. The third kappa shape index (κ3) is 48.5. The molecule has 0 aromatic carbocycles. The highest BCUT2D eigenvalue weighted by atomic mass is 31.2. The largest absolute Gasteiger partial charge is 0.472 e. The summed E-state index contributed by atoms with van der Waals surface area (Å²) in [6.07, 6.45) is 42.7. The predicted molar refractivity (Wildman–Crippen MR) is 264 cm³/mol. The minimum atomic E-state index is -4.88. The fraction of sp³-hybridized carbons (Fsp3) is 0.800. The molecule has 0 radical (unpaired) electrons. The Hall–Kier alpha value is -1.96. The number of hydrogen-bond acceptors (Lipinski definition) is 11. The lowest BCUT2D eigenvalue weighted by molar-refractivity contribution is -0.161. The van der Waals surface area contributed by atoms with E-state index in [2.05, 4.69) is 37.4 Å². The number of aliphatic hydroxyl groups excluding tert-OH is 2. The molecule has 0 saturated heterocycles. The van der Waals surface area contributed by atoms with Crippen LogP contribution in [-0.4, -0.2) is 81.6 Å². The molecule has 5 N–H and O–H groups in total. The average molecular weight is 979 g/mol. The number of allylic oxidation sites excluding steroid dienone is 6. The van der Waals surface area contributed by atoms with Crippen molar-refractivity contribution in [2.45, 2.75) is 225 Å². The van der Waals surface area contributed by atoms with Crippen molar-refractivity contribution in [2.75, 3.05) is 26.4 Å². The summed E-state index contributed by atoms with van der Waals surface area (Å²) in [5, 5.41) is 19.9. The van der Waals surface area contributed by atoms with Gasteiger partial charge in [0.25, 0.3) is 0 Å². The van der Waals surface area contributed by atoms with Gasteiger partial charge in [-0.3, -0.25) is 23.2 Å². The van der Waals surface area contributed by atoms with Gasteiger partial charge in [0.1, 0.15) is 12.7 Å². The van der Waals surface area contributed by atoms with E-state index in [1.165, 1.54) is 109 Å². The molecule has 4 atom stereocenters. The number of ether oxygens (including phenoxy) is 2. The standard InChI is InChI=1S/C50H92O14P2/c1-4-5-6-7-8-19-23-27-32-37-46(51)38-33-28-25-30-34-39-49(53)60-43-48(44-63-66(58,59)62-42-47(52)41-61-65(55,56)57)64-50(54)40-35-29-24-21-18-16-14-12-10-9-11-13-15-17-20-22-26-31-36-45(2)3/h8,19,25,27-28,32-33,38,45-48,51-52H,4-7,9-18,20-24,26,29-31,34-37,39-44H2,1-3H3,(H,58,59)(H2,55,56,57)/b19-8-,28-25+,32-27-,38-33-/t46?,47-,48+/m0/s1. The van der Waals surface area contributed by atoms with Crippen LogP contribution in [0.3, 0.4) is 0 Å². The first-order valence-electron chi connectivity index (χ1n) is 25.3. The van der Waals surface area contributed by atoms with Gasteiger partial charge < -0.3 is 34.4 Å². The van der Waals surface area contributed by atoms with Crippen LogP contribution in [0.5, 0.6) is 0 Å². The summed E-state index contributed by atoms with van der Waals surface area (Å²) >= 11 is 0. The maximum Gasteiger partial charge on any atom is 0.472 e. The molecule has 2 unspecified atom stereocenters. The van der Waals surface area contributed by atoms with Crippen LogP contribution in [0.1, 0.15) is 207 Å². The van der Waals surface area contributed by atoms with E-state index in [0.717, 1.165) is 44.4 Å². The van der Waals surface area contributed by atoms with Gasteiger partial charge in [-0.25, -0.2) is 9.13 Å². The maximum absolute atomic E-state index is 12.7. The number of carbonyl (C=O) groups is 2. The molecule has 0 bridgehead atoms. The highest BCUT2D eigenvalue weighted by molar-refractivity contribution is 7.47. The summed E-state index contributed by atoms with van der Waals surface area (Å²) in [6.45, 7) is 3.95. The van der Waals surface area contributed by atoms with Crippen LogP contribution < -0.4 is 0 Å². The average Bonchev–Trinajstić information content (AvgIpc) is 3.26. The normalized spacial score (nSPS) is 14.8. The van der Waals surface area contributed by atoms with E-state index in [-0.39, 0.29) is 12.8 Å². The molecule has 0 aromatic rings.